The minimum Gasteiger partial charge on any atom is -0.387 e. The standard InChI is InChI=1S/C21H19Cl2N3O/c22-13-6-5-12-9-19(20(27)15(12)10-13)26-8-7-17-18(11-26)25-21(24-17)14-3-1-2-4-16(14)23/h1-6,10,19-20,27H,7-9,11H2,(H,24,25)/t19-,20-/m1/s1. The summed E-state index contributed by atoms with van der Waals surface area (Å²) >= 11 is 12.4. The third-order valence-corrected chi connectivity index (χ3v) is 6.24. The molecule has 0 radical (unpaired) electrons. The van der Waals surface area contributed by atoms with Crippen LogP contribution in [-0.4, -0.2) is 32.6 Å². The summed E-state index contributed by atoms with van der Waals surface area (Å²) in [5, 5.41) is 12.2. The summed E-state index contributed by atoms with van der Waals surface area (Å²) in [7, 11) is 0. The molecule has 0 saturated heterocycles. The number of aliphatic hydroxyl groups excluding tert-OH is 1. The summed E-state index contributed by atoms with van der Waals surface area (Å²) in [6.45, 7) is 1.62. The minimum absolute atomic E-state index is 0.0682. The predicted molar refractivity (Wildman–Crippen MR) is 107 cm³/mol. The van der Waals surface area contributed by atoms with Crippen LogP contribution in [0.3, 0.4) is 0 Å². The Balaban J connectivity index is 1.40. The summed E-state index contributed by atoms with van der Waals surface area (Å²) in [4.78, 5) is 10.6. The molecule has 2 aromatic carbocycles. The number of H-pyrrole nitrogens is 1. The molecule has 6 heteroatoms. The molecule has 2 heterocycles. The first-order valence-electron chi connectivity index (χ1n) is 9.13. The van der Waals surface area contributed by atoms with Crippen LogP contribution in [0, 0.1) is 0 Å². The number of benzene rings is 2. The molecule has 5 rings (SSSR count). The highest BCUT2D eigenvalue weighted by Gasteiger charge is 2.37. The molecule has 0 spiro atoms. The number of rotatable bonds is 2. The van der Waals surface area contributed by atoms with Gasteiger partial charge in [0.2, 0.25) is 0 Å². The molecule has 1 aliphatic heterocycles. The van der Waals surface area contributed by atoms with E-state index in [2.05, 4.69) is 9.88 Å². The van der Waals surface area contributed by atoms with E-state index >= 15 is 0 Å². The van der Waals surface area contributed by atoms with Crippen LogP contribution >= 0.6 is 23.2 Å². The van der Waals surface area contributed by atoms with Gasteiger partial charge in [-0.25, -0.2) is 4.98 Å². The first-order chi connectivity index (χ1) is 13.1. The highest BCUT2D eigenvalue weighted by molar-refractivity contribution is 6.33. The molecule has 2 aliphatic rings. The molecule has 0 unspecified atom stereocenters. The molecule has 0 amide bonds. The maximum absolute atomic E-state index is 10.8. The predicted octanol–water partition coefficient (Wildman–Crippen LogP) is 4.40. The Morgan fingerprint density at radius 1 is 1.15 bits per heavy atom. The Kier molecular flexibility index (Phi) is 4.25. The normalized spacial score (nSPS) is 21.9. The van der Waals surface area contributed by atoms with Crippen molar-refractivity contribution in [1.82, 2.24) is 14.9 Å². The highest BCUT2D eigenvalue weighted by atomic mass is 35.5. The van der Waals surface area contributed by atoms with Crippen LogP contribution in [0.25, 0.3) is 11.4 Å². The SMILES string of the molecule is O[C@@H]1c2cc(Cl)ccc2C[C@H]1N1CCc2nc(-c3ccccc3Cl)[nH]c2C1. The average Bonchev–Trinajstić information content (AvgIpc) is 3.23. The van der Waals surface area contributed by atoms with Crippen LogP contribution in [0.2, 0.25) is 10.0 Å². The zero-order valence-electron chi connectivity index (χ0n) is 14.6. The smallest absolute Gasteiger partial charge is 0.139 e. The Morgan fingerprint density at radius 2 is 2.00 bits per heavy atom. The minimum atomic E-state index is -0.508. The molecular formula is C21H19Cl2N3O. The molecule has 1 aliphatic carbocycles. The fourth-order valence-electron chi connectivity index (χ4n) is 4.28. The van der Waals surface area contributed by atoms with Gasteiger partial charge in [0.1, 0.15) is 5.82 Å². The lowest BCUT2D eigenvalue weighted by Gasteiger charge is -2.33. The largest absolute Gasteiger partial charge is 0.387 e. The van der Waals surface area contributed by atoms with E-state index in [0.29, 0.717) is 10.0 Å². The Hall–Kier alpha value is -1.85. The van der Waals surface area contributed by atoms with Crippen molar-refractivity contribution in [3.8, 4) is 11.4 Å². The average molecular weight is 400 g/mol. The van der Waals surface area contributed by atoms with Crippen molar-refractivity contribution in [1.29, 1.82) is 0 Å². The van der Waals surface area contributed by atoms with Crippen LogP contribution in [0.5, 0.6) is 0 Å². The summed E-state index contributed by atoms with van der Waals surface area (Å²) in [6.07, 6.45) is 1.19. The molecule has 0 fully saturated rings. The molecule has 138 valence electrons. The number of imidazole rings is 1. The molecule has 3 aromatic rings. The lowest BCUT2D eigenvalue weighted by Crippen LogP contribution is -2.41. The van der Waals surface area contributed by atoms with E-state index in [1.165, 1.54) is 5.56 Å². The van der Waals surface area contributed by atoms with Crippen molar-refractivity contribution in [2.75, 3.05) is 6.54 Å². The van der Waals surface area contributed by atoms with Crippen LogP contribution in [0.1, 0.15) is 28.6 Å². The van der Waals surface area contributed by atoms with E-state index in [1.807, 2.05) is 42.5 Å². The highest BCUT2D eigenvalue weighted by Crippen LogP contribution is 2.38. The van der Waals surface area contributed by atoms with E-state index in [-0.39, 0.29) is 6.04 Å². The van der Waals surface area contributed by atoms with Crippen molar-refractivity contribution in [3.05, 3.63) is 75.0 Å². The Morgan fingerprint density at radius 3 is 2.85 bits per heavy atom. The number of aliphatic hydroxyl groups is 1. The first-order valence-corrected chi connectivity index (χ1v) is 9.89. The fourth-order valence-corrected chi connectivity index (χ4v) is 4.68. The van der Waals surface area contributed by atoms with E-state index in [4.69, 9.17) is 28.2 Å². The van der Waals surface area contributed by atoms with Gasteiger partial charge < -0.3 is 10.1 Å². The van der Waals surface area contributed by atoms with Gasteiger partial charge in [-0.15, -0.1) is 0 Å². The second kappa shape index (κ2) is 6.64. The third kappa shape index (κ3) is 2.97. The van der Waals surface area contributed by atoms with Gasteiger partial charge in [0.15, 0.2) is 0 Å². The maximum atomic E-state index is 10.8. The van der Waals surface area contributed by atoms with Gasteiger partial charge in [0, 0.05) is 36.1 Å². The second-order valence-electron chi connectivity index (χ2n) is 7.27. The summed E-state index contributed by atoms with van der Waals surface area (Å²) in [5.41, 5.74) is 5.26. The van der Waals surface area contributed by atoms with Gasteiger partial charge in [-0.05, 0) is 41.8 Å². The Bertz CT molecular complexity index is 1020. The first kappa shape index (κ1) is 17.3. The van der Waals surface area contributed by atoms with Gasteiger partial charge in [0.25, 0.3) is 0 Å². The van der Waals surface area contributed by atoms with Gasteiger partial charge in [0.05, 0.1) is 22.5 Å². The number of aromatic amines is 1. The van der Waals surface area contributed by atoms with Gasteiger partial charge in [-0.3, -0.25) is 4.90 Å². The van der Waals surface area contributed by atoms with E-state index in [1.54, 1.807) is 0 Å². The van der Waals surface area contributed by atoms with E-state index in [9.17, 15) is 5.11 Å². The number of fused-ring (bicyclic) bond motifs is 2. The van der Waals surface area contributed by atoms with E-state index in [0.717, 1.165) is 54.3 Å². The molecule has 0 bridgehead atoms. The number of hydrogen-bond acceptors (Lipinski definition) is 3. The molecular weight excluding hydrogens is 381 g/mol. The Labute approximate surface area is 167 Å². The van der Waals surface area contributed by atoms with Crippen LogP contribution in [0.4, 0.5) is 0 Å². The van der Waals surface area contributed by atoms with Crippen LogP contribution < -0.4 is 0 Å². The fraction of sp³-hybridized carbons (Fsp3) is 0.286. The zero-order valence-corrected chi connectivity index (χ0v) is 16.1. The molecule has 4 nitrogen and oxygen atoms in total. The number of aromatic nitrogens is 2. The van der Waals surface area contributed by atoms with Crippen LogP contribution in [-0.2, 0) is 19.4 Å². The molecule has 27 heavy (non-hydrogen) atoms. The quantitative estimate of drug-likeness (QED) is 0.671. The monoisotopic (exact) mass is 399 g/mol. The second-order valence-corrected chi connectivity index (χ2v) is 8.11. The van der Waals surface area contributed by atoms with Crippen molar-refractivity contribution in [3.63, 3.8) is 0 Å². The zero-order chi connectivity index (χ0) is 18.5. The molecule has 0 saturated carbocycles. The number of nitrogens with zero attached hydrogens (tertiary/aromatic N) is 2. The molecule has 2 atom stereocenters. The maximum Gasteiger partial charge on any atom is 0.139 e. The third-order valence-electron chi connectivity index (χ3n) is 5.68. The summed E-state index contributed by atoms with van der Waals surface area (Å²) < 4.78 is 0. The lowest BCUT2D eigenvalue weighted by molar-refractivity contribution is 0.0517. The van der Waals surface area contributed by atoms with Gasteiger partial charge >= 0.3 is 0 Å². The lowest BCUT2D eigenvalue weighted by atomic mass is 10.1. The number of hydrogen-bond donors (Lipinski definition) is 2. The number of halogens is 2. The summed E-state index contributed by atoms with van der Waals surface area (Å²) in [6, 6.07) is 13.6. The van der Waals surface area contributed by atoms with Gasteiger partial charge in [-0.1, -0.05) is 41.4 Å². The van der Waals surface area contributed by atoms with Crippen molar-refractivity contribution >= 4 is 23.2 Å². The van der Waals surface area contributed by atoms with Crippen molar-refractivity contribution < 1.29 is 5.11 Å². The molecule has 2 N–H and O–H groups in total. The van der Waals surface area contributed by atoms with Crippen molar-refractivity contribution in [2.45, 2.75) is 31.5 Å². The van der Waals surface area contributed by atoms with Gasteiger partial charge in [-0.2, -0.15) is 0 Å². The van der Waals surface area contributed by atoms with E-state index < -0.39 is 6.10 Å². The number of nitrogens with one attached hydrogen (secondary N) is 1. The summed E-state index contributed by atoms with van der Waals surface area (Å²) in [5.74, 6) is 0.814. The van der Waals surface area contributed by atoms with Crippen molar-refractivity contribution in [2.24, 2.45) is 0 Å². The topological polar surface area (TPSA) is 52.1 Å². The molecule has 1 aromatic heterocycles. The van der Waals surface area contributed by atoms with Crippen LogP contribution in [0.15, 0.2) is 42.5 Å².